The second-order valence-corrected chi connectivity index (χ2v) is 6.88. The number of anilines is 1. The Morgan fingerprint density at radius 1 is 1.21 bits per heavy atom. The molecule has 5 nitrogen and oxygen atoms in total. The normalized spacial score (nSPS) is 10.2. The van der Waals surface area contributed by atoms with E-state index in [9.17, 15) is 14.4 Å². The van der Waals surface area contributed by atoms with E-state index in [2.05, 4.69) is 21.2 Å². The van der Waals surface area contributed by atoms with Crippen LogP contribution in [0.15, 0.2) is 40.2 Å². The molecule has 0 bridgehead atoms. The van der Waals surface area contributed by atoms with E-state index < -0.39 is 11.9 Å². The van der Waals surface area contributed by atoms with Gasteiger partial charge in [0.1, 0.15) is 0 Å². The predicted molar refractivity (Wildman–Crippen MR) is 96.4 cm³/mol. The molecule has 0 spiro atoms. The molecular formula is C17H16BrNO4S. The number of thiophene rings is 1. The van der Waals surface area contributed by atoms with E-state index in [1.54, 1.807) is 29.6 Å². The molecule has 7 heteroatoms. The van der Waals surface area contributed by atoms with Crippen LogP contribution < -0.4 is 5.32 Å². The summed E-state index contributed by atoms with van der Waals surface area (Å²) >= 11 is 4.72. The van der Waals surface area contributed by atoms with Crippen LogP contribution in [0, 0.1) is 6.92 Å². The van der Waals surface area contributed by atoms with E-state index in [0.717, 1.165) is 10.0 Å². The van der Waals surface area contributed by atoms with Gasteiger partial charge in [0.2, 0.25) is 0 Å². The fourth-order valence-corrected chi connectivity index (χ4v) is 2.94. The third-order valence-corrected chi connectivity index (χ3v) is 4.94. The lowest BCUT2D eigenvalue weighted by Gasteiger charge is -2.08. The molecular weight excluding hydrogens is 394 g/mol. The molecule has 2 rings (SSSR count). The maximum absolute atomic E-state index is 11.8. The van der Waals surface area contributed by atoms with E-state index in [1.165, 1.54) is 11.3 Å². The van der Waals surface area contributed by atoms with Crippen molar-refractivity contribution in [3.05, 3.63) is 50.6 Å². The van der Waals surface area contributed by atoms with E-state index in [0.29, 0.717) is 10.6 Å². The van der Waals surface area contributed by atoms with Crippen LogP contribution in [0.25, 0.3) is 0 Å². The van der Waals surface area contributed by atoms with Crippen LogP contribution in [-0.2, 0) is 14.3 Å². The first-order chi connectivity index (χ1) is 11.5. The molecule has 0 atom stereocenters. The lowest BCUT2D eigenvalue weighted by atomic mass is 10.2. The summed E-state index contributed by atoms with van der Waals surface area (Å²) in [6, 6.07) is 8.89. The van der Waals surface area contributed by atoms with Crippen molar-refractivity contribution in [1.29, 1.82) is 0 Å². The number of carbonyl (C=O) groups is 3. The summed E-state index contributed by atoms with van der Waals surface area (Å²) in [6.45, 7) is 1.56. The summed E-state index contributed by atoms with van der Waals surface area (Å²) in [5.74, 6) is -1.10. The van der Waals surface area contributed by atoms with Crippen molar-refractivity contribution < 1.29 is 19.1 Å². The zero-order valence-corrected chi connectivity index (χ0v) is 15.4. The molecule has 1 N–H and O–H groups in total. The van der Waals surface area contributed by atoms with Gasteiger partial charge in [0.05, 0.1) is 11.3 Å². The van der Waals surface area contributed by atoms with Gasteiger partial charge in [0.25, 0.3) is 5.91 Å². The summed E-state index contributed by atoms with van der Waals surface area (Å²) in [5.41, 5.74) is 1.66. The topological polar surface area (TPSA) is 72.5 Å². The Labute approximate surface area is 152 Å². The lowest BCUT2D eigenvalue weighted by Crippen LogP contribution is -2.21. The molecule has 0 aliphatic rings. The third-order valence-electron chi connectivity index (χ3n) is 3.17. The summed E-state index contributed by atoms with van der Waals surface area (Å²) in [4.78, 5) is 35.8. The Kier molecular flexibility index (Phi) is 6.69. The zero-order valence-electron chi connectivity index (χ0n) is 13.0. The summed E-state index contributed by atoms with van der Waals surface area (Å²) in [7, 11) is 0. The molecule has 1 aromatic heterocycles. The van der Waals surface area contributed by atoms with Gasteiger partial charge in [0.15, 0.2) is 12.4 Å². The lowest BCUT2D eigenvalue weighted by molar-refractivity contribution is -0.147. The number of hydrogen-bond donors (Lipinski definition) is 1. The second kappa shape index (κ2) is 8.75. The van der Waals surface area contributed by atoms with Gasteiger partial charge in [-0.05, 0) is 36.1 Å². The number of ether oxygens (including phenoxy) is 1. The third kappa shape index (κ3) is 5.58. The first kappa shape index (κ1) is 18.4. The van der Waals surface area contributed by atoms with E-state index in [1.807, 2.05) is 13.0 Å². The number of benzene rings is 1. The van der Waals surface area contributed by atoms with E-state index >= 15 is 0 Å². The van der Waals surface area contributed by atoms with Crippen molar-refractivity contribution in [1.82, 2.24) is 0 Å². The molecule has 0 aliphatic carbocycles. The van der Waals surface area contributed by atoms with Gasteiger partial charge < -0.3 is 10.1 Å². The number of esters is 1. The number of hydrogen-bond acceptors (Lipinski definition) is 5. The summed E-state index contributed by atoms with van der Waals surface area (Å²) < 4.78 is 5.77. The Balaban J connectivity index is 1.72. The number of amides is 1. The summed E-state index contributed by atoms with van der Waals surface area (Å²) in [5, 5.41) is 4.45. The fraction of sp³-hybridized carbons (Fsp3) is 0.235. The number of rotatable bonds is 7. The Morgan fingerprint density at radius 3 is 2.67 bits per heavy atom. The molecule has 1 amide bonds. The quantitative estimate of drug-likeness (QED) is 0.554. The smallest absolute Gasteiger partial charge is 0.306 e. The van der Waals surface area contributed by atoms with Crippen molar-refractivity contribution >= 4 is 50.6 Å². The van der Waals surface area contributed by atoms with Crippen molar-refractivity contribution in [2.24, 2.45) is 0 Å². The van der Waals surface area contributed by atoms with Crippen LogP contribution in [-0.4, -0.2) is 24.3 Å². The van der Waals surface area contributed by atoms with Crippen LogP contribution in [0.5, 0.6) is 0 Å². The minimum absolute atomic E-state index is 0.0416. The highest BCUT2D eigenvalue weighted by Gasteiger charge is 2.12. The van der Waals surface area contributed by atoms with Crippen molar-refractivity contribution in [2.75, 3.05) is 11.9 Å². The first-order valence-corrected chi connectivity index (χ1v) is 8.91. The Bertz CT molecular complexity index is 743. The number of halogens is 1. The molecule has 126 valence electrons. The number of carbonyl (C=O) groups excluding carboxylic acids is 3. The molecule has 0 saturated carbocycles. The molecule has 1 aromatic carbocycles. The van der Waals surface area contributed by atoms with Crippen molar-refractivity contribution in [3.8, 4) is 0 Å². The van der Waals surface area contributed by atoms with Crippen LogP contribution in [0.3, 0.4) is 0 Å². The van der Waals surface area contributed by atoms with E-state index in [-0.39, 0.29) is 25.2 Å². The number of ketones is 1. The zero-order chi connectivity index (χ0) is 17.5. The number of aryl methyl sites for hydroxylation is 1. The number of Topliss-reactive ketones (excluding diaryl/α,β-unsaturated/α-hetero) is 1. The molecule has 0 fully saturated rings. The molecule has 0 radical (unpaired) electrons. The average Bonchev–Trinajstić information content (AvgIpc) is 3.08. The van der Waals surface area contributed by atoms with Gasteiger partial charge in [-0.15, -0.1) is 11.3 Å². The molecule has 24 heavy (non-hydrogen) atoms. The molecule has 0 unspecified atom stereocenters. The average molecular weight is 410 g/mol. The van der Waals surface area contributed by atoms with Crippen molar-refractivity contribution in [3.63, 3.8) is 0 Å². The Morgan fingerprint density at radius 2 is 2.00 bits per heavy atom. The summed E-state index contributed by atoms with van der Waals surface area (Å²) in [6.07, 6.45) is 0.0337. The van der Waals surface area contributed by atoms with Crippen molar-refractivity contribution in [2.45, 2.75) is 19.8 Å². The number of nitrogens with one attached hydrogen (secondary N) is 1. The van der Waals surface area contributed by atoms with Crippen LogP contribution in [0.1, 0.15) is 28.1 Å². The maximum Gasteiger partial charge on any atom is 0.306 e. The monoisotopic (exact) mass is 409 g/mol. The molecule has 0 saturated heterocycles. The highest BCUT2D eigenvalue weighted by molar-refractivity contribution is 9.10. The van der Waals surface area contributed by atoms with Gasteiger partial charge >= 0.3 is 5.97 Å². The van der Waals surface area contributed by atoms with Gasteiger partial charge in [-0.1, -0.05) is 28.1 Å². The van der Waals surface area contributed by atoms with Gasteiger partial charge in [0, 0.05) is 16.6 Å². The standard InChI is InChI=1S/C17H16BrNO4S/c1-11-4-5-12(9-13(11)18)19-16(21)10-23-17(22)7-6-14(20)15-3-2-8-24-15/h2-5,8-9H,6-7,10H2,1H3,(H,19,21). The van der Waals surface area contributed by atoms with Gasteiger partial charge in [-0.3, -0.25) is 14.4 Å². The maximum atomic E-state index is 11.8. The highest BCUT2D eigenvalue weighted by Crippen LogP contribution is 2.20. The fourth-order valence-electron chi connectivity index (χ4n) is 1.86. The molecule has 2 aromatic rings. The van der Waals surface area contributed by atoms with Crippen LogP contribution >= 0.6 is 27.3 Å². The molecule has 1 heterocycles. The SMILES string of the molecule is Cc1ccc(NC(=O)COC(=O)CCC(=O)c2cccs2)cc1Br. The second-order valence-electron chi connectivity index (χ2n) is 5.07. The first-order valence-electron chi connectivity index (χ1n) is 7.24. The van der Waals surface area contributed by atoms with Gasteiger partial charge in [-0.25, -0.2) is 0 Å². The Hall–Kier alpha value is -1.99. The van der Waals surface area contributed by atoms with Crippen LogP contribution in [0.2, 0.25) is 0 Å². The minimum Gasteiger partial charge on any atom is -0.456 e. The predicted octanol–water partition coefficient (Wildman–Crippen LogP) is 3.96. The molecule has 0 aliphatic heterocycles. The van der Waals surface area contributed by atoms with E-state index in [4.69, 9.17) is 4.74 Å². The van der Waals surface area contributed by atoms with Crippen LogP contribution in [0.4, 0.5) is 5.69 Å². The minimum atomic E-state index is -0.569. The van der Waals surface area contributed by atoms with Gasteiger partial charge in [-0.2, -0.15) is 0 Å². The highest BCUT2D eigenvalue weighted by atomic mass is 79.9. The largest absolute Gasteiger partial charge is 0.456 e.